The standard InChI is InChI=1S/C67H61BN2OS/c1-63(2,3)36-21-24-38(25-22-36)70-52-32-43-42-30-48-49(66(9,10)28-27-65(48,7)8)35-56(42)72-55(43)33-45(52)57-58-40-18-14-16-20-54(40)71-62(58)59-44-29-37(64(4,5)6)23-26-51(44)69-53-34-47-41(31-50(53)68(70)60(57)61(59)69)39-17-13-15-19-46(39)67(47,11)12/h13-26,29-35H,27-28H2,1-12H3. The molecule has 3 aromatic heterocycles. The highest BCUT2D eigenvalue weighted by atomic mass is 32.1. The van der Waals surface area contributed by atoms with Crippen molar-refractivity contribution in [2.75, 3.05) is 4.81 Å². The highest BCUT2D eigenvalue weighted by Gasteiger charge is 2.48. The third-order valence-corrected chi connectivity index (χ3v) is 19.4. The molecule has 0 saturated heterocycles. The molecule has 8 aromatic carbocycles. The van der Waals surface area contributed by atoms with E-state index in [1.54, 1.807) is 0 Å². The van der Waals surface area contributed by atoms with Gasteiger partial charge in [0.15, 0.2) is 0 Å². The lowest BCUT2D eigenvalue weighted by Crippen LogP contribution is -2.60. The lowest BCUT2D eigenvalue weighted by atomic mass is 9.43. The fraction of sp³-hybridized carbons (Fsp3) is 0.284. The molecule has 0 atom stereocenters. The van der Waals surface area contributed by atoms with E-state index in [1.807, 2.05) is 11.3 Å². The lowest BCUT2D eigenvalue weighted by molar-refractivity contribution is 0.332. The molecule has 2 aliphatic carbocycles. The smallest absolute Gasteiger partial charge is 0.333 e. The van der Waals surface area contributed by atoms with Gasteiger partial charge in [0.1, 0.15) is 11.2 Å². The molecule has 354 valence electrons. The van der Waals surface area contributed by atoms with Gasteiger partial charge in [-0.2, -0.15) is 0 Å². The normalized spacial score (nSPS) is 17.1. The third-order valence-electron chi connectivity index (χ3n) is 18.3. The van der Waals surface area contributed by atoms with Crippen LogP contribution in [0.4, 0.5) is 11.4 Å². The molecule has 0 bridgehead atoms. The highest BCUT2D eigenvalue weighted by Crippen LogP contribution is 2.56. The van der Waals surface area contributed by atoms with E-state index in [9.17, 15) is 0 Å². The van der Waals surface area contributed by atoms with Gasteiger partial charge in [0.2, 0.25) is 0 Å². The van der Waals surface area contributed by atoms with Crippen LogP contribution in [-0.4, -0.2) is 11.4 Å². The first-order valence-corrected chi connectivity index (χ1v) is 27.2. The van der Waals surface area contributed by atoms with Crippen molar-refractivity contribution in [2.24, 2.45) is 0 Å². The van der Waals surface area contributed by atoms with Crippen molar-refractivity contribution in [2.45, 2.75) is 123 Å². The van der Waals surface area contributed by atoms with Gasteiger partial charge in [-0.15, -0.1) is 11.3 Å². The number of fused-ring (bicyclic) bond motifs is 20. The molecule has 0 fully saturated rings. The van der Waals surface area contributed by atoms with E-state index in [0.717, 1.165) is 11.2 Å². The molecular weight excluding hydrogens is 892 g/mol. The van der Waals surface area contributed by atoms with Crippen LogP contribution in [0, 0.1) is 0 Å². The number of nitrogens with zero attached hydrogens (tertiary/aromatic N) is 2. The topological polar surface area (TPSA) is 21.3 Å². The summed E-state index contributed by atoms with van der Waals surface area (Å²) in [5, 5.41) is 7.57. The molecule has 72 heavy (non-hydrogen) atoms. The summed E-state index contributed by atoms with van der Waals surface area (Å²) in [5.41, 5.74) is 24.6. The lowest BCUT2D eigenvalue weighted by Gasteiger charge is -2.43. The zero-order chi connectivity index (χ0) is 49.5. The van der Waals surface area contributed by atoms with Gasteiger partial charge in [0.25, 0.3) is 0 Å². The Balaban J connectivity index is 1.16. The Morgan fingerprint density at radius 2 is 1.21 bits per heavy atom. The number of hydrogen-bond donors (Lipinski definition) is 0. The molecule has 0 amide bonds. The molecule has 0 N–H and O–H groups in total. The van der Waals surface area contributed by atoms with Crippen LogP contribution in [0.25, 0.3) is 91.9 Å². The first-order chi connectivity index (χ1) is 34.2. The number of hydrogen-bond acceptors (Lipinski definition) is 3. The third kappa shape index (κ3) is 5.43. The predicted octanol–water partition coefficient (Wildman–Crippen LogP) is 17.5. The van der Waals surface area contributed by atoms with E-state index >= 15 is 0 Å². The van der Waals surface area contributed by atoms with Crippen LogP contribution < -0.4 is 15.7 Å². The van der Waals surface area contributed by atoms with Gasteiger partial charge < -0.3 is 13.8 Å². The van der Waals surface area contributed by atoms with Gasteiger partial charge in [-0.05, 0) is 156 Å². The summed E-state index contributed by atoms with van der Waals surface area (Å²) in [6.45, 7) is 28.5. The predicted molar refractivity (Wildman–Crippen MR) is 310 cm³/mol. The van der Waals surface area contributed by atoms with Crippen molar-refractivity contribution in [1.29, 1.82) is 0 Å². The van der Waals surface area contributed by atoms with Gasteiger partial charge in [-0.1, -0.05) is 150 Å². The van der Waals surface area contributed by atoms with Crippen LogP contribution in [0.2, 0.25) is 0 Å². The minimum absolute atomic E-state index is 0.0132. The summed E-state index contributed by atoms with van der Waals surface area (Å²) in [4.78, 5) is 2.75. The number of aromatic nitrogens is 1. The quantitative estimate of drug-likeness (QED) is 0.153. The molecule has 2 aliphatic heterocycles. The van der Waals surface area contributed by atoms with Gasteiger partial charge in [-0.3, -0.25) is 0 Å². The molecule has 0 spiro atoms. The van der Waals surface area contributed by atoms with Crippen molar-refractivity contribution in [3.63, 3.8) is 0 Å². The maximum Gasteiger partial charge on any atom is 0.333 e. The summed E-state index contributed by atoms with van der Waals surface area (Å²) in [6.07, 6.45) is 2.39. The number of anilines is 2. The van der Waals surface area contributed by atoms with Crippen molar-refractivity contribution in [3.8, 4) is 27.9 Å². The van der Waals surface area contributed by atoms with Gasteiger partial charge in [0.05, 0.1) is 16.4 Å². The SMILES string of the molecule is CC(C)(C)c1ccc(N2B3c4cc5c(cc4-n4c6ccc(C(C)(C)C)cc6c6c7oc8ccccc8c7c(c3c64)-c3cc4sc6cc7c(cc6c4cc32)C(C)(C)CCC7(C)C)C(C)(C)c2ccccc2-5)cc1. The summed E-state index contributed by atoms with van der Waals surface area (Å²) < 4.78 is 12.7. The van der Waals surface area contributed by atoms with Crippen LogP contribution in [0.1, 0.15) is 129 Å². The van der Waals surface area contributed by atoms with E-state index in [4.69, 9.17) is 4.42 Å². The van der Waals surface area contributed by atoms with E-state index in [0.29, 0.717) is 0 Å². The number of thiophene rings is 1. The molecule has 15 rings (SSSR count). The average molecular weight is 953 g/mol. The molecular formula is C67H61BN2OS. The molecule has 5 heteroatoms. The number of rotatable bonds is 1. The maximum atomic E-state index is 7.35. The Kier molecular flexibility index (Phi) is 8.10. The Bertz CT molecular complexity index is 4270. The Hall–Kier alpha value is -6.56. The minimum Gasteiger partial charge on any atom is -0.455 e. The van der Waals surface area contributed by atoms with Crippen molar-refractivity contribution >= 4 is 104 Å². The van der Waals surface area contributed by atoms with Crippen LogP contribution >= 0.6 is 11.3 Å². The second-order valence-electron chi connectivity index (χ2n) is 26.0. The fourth-order valence-corrected chi connectivity index (χ4v) is 15.3. The summed E-state index contributed by atoms with van der Waals surface area (Å²) >= 11 is 1.97. The number of furan rings is 1. The molecule has 4 aliphatic rings. The van der Waals surface area contributed by atoms with Crippen molar-refractivity contribution in [1.82, 2.24) is 4.57 Å². The van der Waals surface area contributed by atoms with Crippen molar-refractivity contribution < 1.29 is 4.42 Å². The molecule has 0 saturated carbocycles. The van der Waals surface area contributed by atoms with Crippen LogP contribution in [0.5, 0.6) is 0 Å². The van der Waals surface area contributed by atoms with Crippen LogP contribution in [0.15, 0.2) is 132 Å². The Morgan fingerprint density at radius 1 is 0.542 bits per heavy atom. The van der Waals surface area contributed by atoms with E-state index < -0.39 is 0 Å². The first-order valence-electron chi connectivity index (χ1n) is 26.4. The molecule has 5 heterocycles. The zero-order valence-electron chi connectivity index (χ0n) is 43.8. The maximum absolute atomic E-state index is 7.35. The Labute approximate surface area is 427 Å². The van der Waals surface area contributed by atoms with E-state index in [-0.39, 0.29) is 33.9 Å². The molecule has 0 unspecified atom stereocenters. The highest BCUT2D eigenvalue weighted by molar-refractivity contribution is 7.25. The summed E-state index contributed by atoms with van der Waals surface area (Å²) in [6, 6.07) is 50.4. The number of benzene rings is 8. The van der Waals surface area contributed by atoms with Gasteiger partial charge in [-0.25, -0.2) is 0 Å². The van der Waals surface area contributed by atoms with Gasteiger partial charge in [0, 0.05) is 64.4 Å². The van der Waals surface area contributed by atoms with E-state index in [2.05, 4.69) is 220 Å². The second-order valence-corrected chi connectivity index (χ2v) is 27.0. The first kappa shape index (κ1) is 43.1. The zero-order valence-corrected chi connectivity index (χ0v) is 44.6. The monoisotopic (exact) mass is 952 g/mol. The van der Waals surface area contributed by atoms with Crippen molar-refractivity contribution in [3.05, 3.63) is 161 Å². The molecule has 0 radical (unpaired) electrons. The number of para-hydroxylation sites is 1. The molecule has 3 nitrogen and oxygen atoms in total. The second kappa shape index (κ2) is 13.5. The summed E-state index contributed by atoms with van der Waals surface area (Å²) in [7, 11) is 0. The minimum atomic E-state index is -0.174. The largest absolute Gasteiger partial charge is 0.455 e. The average Bonchev–Trinajstić information content (AvgIpc) is 4.07. The molecule has 11 aromatic rings. The van der Waals surface area contributed by atoms with Crippen LogP contribution in [0.3, 0.4) is 0 Å². The fourth-order valence-electron chi connectivity index (χ4n) is 14.2. The van der Waals surface area contributed by atoms with E-state index in [1.165, 1.54) is 149 Å². The van der Waals surface area contributed by atoms with Gasteiger partial charge >= 0.3 is 6.85 Å². The summed E-state index contributed by atoms with van der Waals surface area (Å²) in [5.74, 6) is 0. The Morgan fingerprint density at radius 3 is 1.96 bits per heavy atom. The van der Waals surface area contributed by atoms with Crippen LogP contribution in [-0.2, 0) is 27.1 Å².